The maximum atomic E-state index is 12.4. The van der Waals surface area contributed by atoms with E-state index in [-0.39, 0.29) is 41.9 Å². The summed E-state index contributed by atoms with van der Waals surface area (Å²) in [5.74, 6) is 0.731. The number of benzene rings is 1. The highest BCUT2D eigenvalue weighted by Crippen LogP contribution is 2.31. The zero-order chi connectivity index (χ0) is 22.9. The number of anilines is 1. The smallest absolute Gasteiger partial charge is 0.410 e. The zero-order valence-electron chi connectivity index (χ0n) is 19.9. The molecule has 1 aliphatic heterocycles. The first-order valence-electron chi connectivity index (χ1n) is 11.1. The summed E-state index contributed by atoms with van der Waals surface area (Å²) in [5.41, 5.74) is 1.46. The van der Waals surface area contributed by atoms with Gasteiger partial charge in [0.25, 0.3) is 0 Å². The van der Waals surface area contributed by atoms with Crippen LogP contribution in [0.5, 0.6) is 0 Å². The van der Waals surface area contributed by atoms with Gasteiger partial charge < -0.3 is 25.6 Å². The summed E-state index contributed by atoms with van der Waals surface area (Å²) in [6.07, 6.45) is 0.974. The lowest BCUT2D eigenvalue weighted by molar-refractivity contribution is -0.116. The van der Waals surface area contributed by atoms with Crippen LogP contribution in [-0.4, -0.2) is 61.2 Å². The Bertz CT molecular complexity index is 779. The Morgan fingerprint density at radius 1 is 1.22 bits per heavy atom. The van der Waals surface area contributed by atoms with Gasteiger partial charge >= 0.3 is 6.09 Å². The van der Waals surface area contributed by atoms with Crippen molar-refractivity contribution in [3.63, 3.8) is 0 Å². The van der Waals surface area contributed by atoms with Crippen molar-refractivity contribution in [3.8, 4) is 0 Å². The Kier molecular flexibility index (Phi) is 11.8. The largest absolute Gasteiger partial charge is 0.444 e. The van der Waals surface area contributed by atoms with Gasteiger partial charge in [-0.3, -0.25) is 9.79 Å². The summed E-state index contributed by atoms with van der Waals surface area (Å²) >= 11 is 0. The number of guanidine groups is 1. The van der Waals surface area contributed by atoms with Crippen molar-refractivity contribution in [1.29, 1.82) is 0 Å². The number of hydrogen-bond acceptors (Lipinski definition) is 4. The number of halogens is 1. The highest BCUT2D eigenvalue weighted by Gasteiger charge is 2.25. The van der Waals surface area contributed by atoms with E-state index < -0.39 is 5.60 Å². The molecular weight excluding hydrogens is 521 g/mol. The first-order chi connectivity index (χ1) is 14.7. The second-order valence-electron chi connectivity index (χ2n) is 8.65. The minimum absolute atomic E-state index is 0. The van der Waals surface area contributed by atoms with Crippen molar-refractivity contribution in [3.05, 3.63) is 29.8 Å². The minimum Gasteiger partial charge on any atom is -0.444 e. The predicted molar refractivity (Wildman–Crippen MR) is 140 cm³/mol. The summed E-state index contributed by atoms with van der Waals surface area (Å²) in [7, 11) is 0. The van der Waals surface area contributed by atoms with E-state index >= 15 is 0 Å². The molecule has 8 nitrogen and oxygen atoms in total. The standard InChI is InChI=1S/C23H37N5O3.HI/c1-6-13-28(22(30)31-23(3,4)5)14-12-25-21(24-7-2)26-16-17-15-20(29)27-19-11-9-8-10-18(17)19;/h8-11,17H,6-7,12-16H2,1-5H3,(H,27,29)(H2,24,25,26);1H. The maximum Gasteiger partial charge on any atom is 0.410 e. The van der Waals surface area contributed by atoms with E-state index in [1.807, 2.05) is 58.9 Å². The maximum absolute atomic E-state index is 12.4. The fraction of sp³-hybridized carbons (Fsp3) is 0.609. The fourth-order valence-corrected chi connectivity index (χ4v) is 3.41. The predicted octanol–water partition coefficient (Wildman–Crippen LogP) is 3.93. The Labute approximate surface area is 209 Å². The van der Waals surface area contributed by atoms with Gasteiger partial charge in [0.2, 0.25) is 5.91 Å². The number of rotatable bonds is 8. The van der Waals surface area contributed by atoms with Gasteiger partial charge in [-0.15, -0.1) is 24.0 Å². The SMILES string of the molecule is CCCN(CCNC(=NCC1CC(=O)Nc2ccccc21)NCC)C(=O)OC(C)(C)C.I. The van der Waals surface area contributed by atoms with Crippen LogP contribution < -0.4 is 16.0 Å². The molecule has 2 amide bonds. The molecule has 0 bridgehead atoms. The molecule has 0 radical (unpaired) electrons. The topological polar surface area (TPSA) is 95.1 Å². The summed E-state index contributed by atoms with van der Waals surface area (Å²) in [6, 6.07) is 7.86. The zero-order valence-corrected chi connectivity index (χ0v) is 22.2. The van der Waals surface area contributed by atoms with Crippen LogP contribution in [-0.2, 0) is 9.53 Å². The van der Waals surface area contributed by atoms with Crippen molar-refractivity contribution in [2.75, 3.05) is 38.0 Å². The van der Waals surface area contributed by atoms with Crippen molar-refractivity contribution in [2.24, 2.45) is 4.99 Å². The number of ether oxygens (including phenoxy) is 1. The van der Waals surface area contributed by atoms with Gasteiger partial charge in [0.15, 0.2) is 5.96 Å². The van der Waals surface area contributed by atoms with Gasteiger partial charge in [-0.1, -0.05) is 25.1 Å². The van der Waals surface area contributed by atoms with Crippen LogP contribution in [0.15, 0.2) is 29.3 Å². The molecule has 1 aliphatic rings. The minimum atomic E-state index is -0.518. The first-order valence-corrected chi connectivity index (χ1v) is 11.1. The lowest BCUT2D eigenvalue weighted by Gasteiger charge is -2.27. The molecule has 0 spiro atoms. The number of nitrogens with zero attached hydrogens (tertiary/aromatic N) is 2. The lowest BCUT2D eigenvalue weighted by Crippen LogP contribution is -2.44. The van der Waals surface area contributed by atoms with Crippen molar-refractivity contribution in [2.45, 2.75) is 59.0 Å². The summed E-state index contributed by atoms with van der Waals surface area (Å²) < 4.78 is 5.50. The molecule has 1 unspecified atom stereocenters. The molecule has 0 aromatic heterocycles. The van der Waals surface area contributed by atoms with E-state index in [2.05, 4.69) is 16.0 Å². The van der Waals surface area contributed by atoms with Crippen LogP contribution in [0.1, 0.15) is 58.9 Å². The van der Waals surface area contributed by atoms with Gasteiger partial charge in [0, 0.05) is 44.2 Å². The average molecular weight is 559 g/mol. The Balaban J connectivity index is 0.00000512. The molecule has 2 rings (SSSR count). The molecule has 1 atom stereocenters. The van der Waals surface area contributed by atoms with E-state index in [0.29, 0.717) is 38.6 Å². The highest BCUT2D eigenvalue weighted by atomic mass is 127. The van der Waals surface area contributed by atoms with Crippen LogP contribution in [0.25, 0.3) is 0 Å². The third-order valence-electron chi connectivity index (χ3n) is 4.74. The molecule has 3 N–H and O–H groups in total. The van der Waals surface area contributed by atoms with Gasteiger partial charge in [-0.25, -0.2) is 4.79 Å². The molecule has 1 heterocycles. The van der Waals surface area contributed by atoms with Gasteiger partial charge in [-0.2, -0.15) is 0 Å². The molecule has 0 aliphatic carbocycles. The number of para-hydroxylation sites is 1. The second kappa shape index (κ2) is 13.5. The van der Waals surface area contributed by atoms with Crippen LogP contribution >= 0.6 is 24.0 Å². The van der Waals surface area contributed by atoms with Crippen LogP contribution in [0.3, 0.4) is 0 Å². The van der Waals surface area contributed by atoms with E-state index in [0.717, 1.165) is 24.2 Å². The molecule has 1 aromatic carbocycles. The monoisotopic (exact) mass is 559 g/mol. The number of hydrogen-bond donors (Lipinski definition) is 3. The lowest BCUT2D eigenvalue weighted by atomic mass is 9.91. The van der Waals surface area contributed by atoms with Gasteiger partial charge in [-0.05, 0) is 45.7 Å². The molecule has 0 saturated carbocycles. The summed E-state index contributed by atoms with van der Waals surface area (Å²) in [5, 5.41) is 9.45. The second-order valence-corrected chi connectivity index (χ2v) is 8.65. The number of amides is 2. The highest BCUT2D eigenvalue weighted by molar-refractivity contribution is 14.0. The Hall–Kier alpha value is -2.04. The van der Waals surface area contributed by atoms with Crippen LogP contribution in [0.4, 0.5) is 10.5 Å². The average Bonchev–Trinajstić information content (AvgIpc) is 2.69. The molecule has 9 heteroatoms. The Morgan fingerprint density at radius 3 is 2.59 bits per heavy atom. The molecular formula is C23H38IN5O3. The van der Waals surface area contributed by atoms with E-state index in [9.17, 15) is 9.59 Å². The summed E-state index contributed by atoms with van der Waals surface area (Å²) in [4.78, 5) is 30.9. The van der Waals surface area contributed by atoms with E-state index in [4.69, 9.17) is 9.73 Å². The molecule has 1 aromatic rings. The van der Waals surface area contributed by atoms with E-state index in [1.165, 1.54) is 0 Å². The van der Waals surface area contributed by atoms with Crippen molar-refractivity contribution >= 4 is 47.6 Å². The third-order valence-corrected chi connectivity index (χ3v) is 4.74. The van der Waals surface area contributed by atoms with E-state index in [1.54, 1.807) is 4.90 Å². The number of carbonyl (C=O) groups is 2. The van der Waals surface area contributed by atoms with Gasteiger partial charge in [0.1, 0.15) is 5.60 Å². The quantitative estimate of drug-likeness (QED) is 0.255. The number of nitrogens with one attached hydrogen (secondary N) is 3. The number of fused-ring (bicyclic) bond motifs is 1. The van der Waals surface area contributed by atoms with Crippen LogP contribution in [0.2, 0.25) is 0 Å². The summed E-state index contributed by atoms with van der Waals surface area (Å²) in [6.45, 7) is 12.6. The molecule has 32 heavy (non-hydrogen) atoms. The fourth-order valence-electron chi connectivity index (χ4n) is 3.41. The van der Waals surface area contributed by atoms with Crippen LogP contribution in [0, 0.1) is 0 Å². The van der Waals surface area contributed by atoms with Gasteiger partial charge in [0.05, 0.1) is 6.54 Å². The first kappa shape index (κ1) is 28.0. The molecule has 180 valence electrons. The molecule has 0 saturated heterocycles. The molecule has 0 fully saturated rings. The number of aliphatic imine (C=N–C) groups is 1. The van der Waals surface area contributed by atoms with Crippen molar-refractivity contribution < 1.29 is 14.3 Å². The normalized spacial score (nSPS) is 15.7. The van der Waals surface area contributed by atoms with Crippen molar-refractivity contribution in [1.82, 2.24) is 15.5 Å². The third kappa shape index (κ3) is 9.22. The Morgan fingerprint density at radius 2 is 1.94 bits per heavy atom. The number of carbonyl (C=O) groups excluding carboxylic acids is 2.